The Kier molecular flexibility index (Phi) is 3.40. The summed E-state index contributed by atoms with van der Waals surface area (Å²) in [6.07, 6.45) is 1.74. The van der Waals surface area contributed by atoms with Crippen molar-refractivity contribution < 1.29 is 4.74 Å². The van der Waals surface area contributed by atoms with E-state index in [0.29, 0.717) is 5.88 Å². The van der Waals surface area contributed by atoms with Crippen molar-refractivity contribution in [2.75, 3.05) is 0 Å². The molecular weight excluding hydrogens is 316 g/mol. The highest BCUT2D eigenvalue weighted by Gasteiger charge is 2.06. The maximum atomic E-state index is 5.84. The minimum atomic E-state index is 0.557. The van der Waals surface area contributed by atoms with Crippen LogP contribution in [0, 0.1) is 13.8 Å². The van der Waals surface area contributed by atoms with Gasteiger partial charge in [0.1, 0.15) is 5.75 Å². The molecular formula is C16H13BrN2O. The van der Waals surface area contributed by atoms with Gasteiger partial charge in [-0.15, -0.1) is 0 Å². The van der Waals surface area contributed by atoms with Crippen molar-refractivity contribution in [3.8, 4) is 11.6 Å². The van der Waals surface area contributed by atoms with Gasteiger partial charge < -0.3 is 4.74 Å². The Morgan fingerprint density at radius 3 is 2.60 bits per heavy atom. The number of aryl methyl sites for hydroxylation is 2. The number of halogens is 1. The number of fused-ring (bicyclic) bond motifs is 1. The van der Waals surface area contributed by atoms with Crippen LogP contribution in [0.4, 0.5) is 0 Å². The Hall–Kier alpha value is -1.94. The highest BCUT2D eigenvalue weighted by molar-refractivity contribution is 9.10. The zero-order chi connectivity index (χ0) is 14.1. The first-order valence-electron chi connectivity index (χ1n) is 6.29. The third-order valence-electron chi connectivity index (χ3n) is 3.02. The SMILES string of the molecule is Cc1cnc(C)c(Oc2ccc3cc(Br)ccc3c2)n1. The lowest BCUT2D eigenvalue weighted by Crippen LogP contribution is -1.95. The number of hydrogen-bond acceptors (Lipinski definition) is 3. The molecule has 4 heteroatoms. The highest BCUT2D eigenvalue weighted by atomic mass is 79.9. The maximum Gasteiger partial charge on any atom is 0.241 e. The van der Waals surface area contributed by atoms with Crippen LogP contribution in [0.2, 0.25) is 0 Å². The second-order valence-electron chi connectivity index (χ2n) is 4.66. The van der Waals surface area contributed by atoms with Crippen LogP contribution in [-0.4, -0.2) is 9.97 Å². The molecule has 0 atom stereocenters. The lowest BCUT2D eigenvalue weighted by molar-refractivity contribution is 0.454. The Balaban J connectivity index is 1.98. The molecule has 20 heavy (non-hydrogen) atoms. The van der Waals surface area contributed by atoms with Crippen LogP contribution in [0.1, 0.15) is 11.4 Å². The van der Waals surface area contributed by atoms with Crippen molar-refractivity contribution in [2.24, 2.45) is 0 Å². The fourth-order valence-electron chi connectivity index (χ4n) is 1.98. The van der Waals surface area contributed by atoms with E-state index < -0.39 is 0 Å². The fraction of sp³-hybridized carbons (Fsp3) is 0.125. The van der Waals surface area contributed by atoms with Crippen LogP contribution in [0.25, 0.3) is 10.8 Å². The van der Waals surface area contributed by atoms with E-state index in [-0.39, 0.29) is 0 Å². The normalized spacial score (nSPS) is 10.8. The van der Waals surface area contributed by atoms with E-state index in [9.17, 15) is 0 Å². The molecule has 0 aliphatic rings. The molecule has 0 bridgehead atoms. The monoisotopic (exact) mass is 328 g/mol. The summed E-state index contributed by atoms with van der Waals surface area (Å²) in [5, 5.41) is 2.29. The van der Waals surface area contributed by atoms with Gasteiger partial charge in [-0.2, -0.15) is 0 Å². The molecule has 0 aliphatic carbocycles. The molecule has 0 radical (unpaired) electrons. The second-order valence-corrected chi connectivity index (χ2v) is 5.57. The number of rotatable bonds is 2. The Morgan fingerprint density at radius 1 is 1.00 bits per heavy atom. The molecule has 1 heterocycles. The summed E-state index contributed by atoms with van der Waals surface area (Å²) in [5.74, 6) is 1.32. The lowest BCUT2D eigenvalue weighted by Gasteiger charge is -2.08. The van der Waals surface area contributed by atoms with E-state index in [1.165, 1.54) is 5.39 Å². The summed E-state index contributed by atoms with van der Waals surface area (Å²) < 4.78 is 6.91. The van der Waals surface area contributed by atoms with Crippen molar-refractivity contribution in [3.05, 3.63) is 58.5 Å². The lowest BCUT2D eigenvalue weighted by atomic mass is 10.1. The van der Waals surface area contributed by atoms with E-state index in [1.54, 1.807) is 6.20 Å². The summed E-state index contributed by atoms with van der Waals surface area (Å²) in [4.78, 5) is 8.63. The van der Waals surface area contributed by atoms with Crippen molar-refractivity contribution in [1.29, 1.82) is 0 Å². The number of nitrogens with zero attached hydrogens (tertiary/aromatic N) is 2. The molecule has 0 spiro atoms. The minimum Gasteiger partial charge on any atom is -0.437 e. The standard InChI is InChI=1S/C16H13BrN2O/c1-10-9-18-11(2)16(19-10)20-15-6-4-12-7-14(17)5-3-13(12)8-15/h3-9H,1-2H3. The van der Waals surface area contributed by atoms with Gasteiger partial charge >= 0.3 is 0 Å². The third kappa shape index (κ3) is 2.65. The van der Waals surface area contributed by atoms with Crippen molar-refractivity contribution >= 4 is 26.7 Å². The van der Waals surface area contributed by atoms with Gasteiger partial charge in [-0.05, 0) is 48.9 Å². The summed E-state index contributed by atoms with van der Waals surface area (Å²) in [7, 11) is 0. The molecule has 0 saturated carbocycles. The van der Waals surface area contributed by atoms with E-state index in [4.69, 9.17) is 4.74 Å². The average Bonchev–Trinajstić information content (AvgIpc) is 2.43. The van der Waals surface area contributed by atoms with Crippen LogP contribution < -0.4 is 4.74 Å². The Labute approximate surface area is 125 Å². The zero-order valence-electron chi connectivity index (χ0n) is 11.2. The van der Waals surface area contributed by atoms with Gasteiger partial charge in [-0.1, -0.05) is 28.1 Å². The molecule has 0 N–H and O–H groups in total. The Morgan fingerprint density at radius 2 is 1.75 bits per heavy atom. The van der Waals surface area contributed by atoms with Gasteiger partial charge in [0, 0.05) is 10.7 Å². The van der Waals surface area contributed by atoms with Gasteiger partial charge in [0.15, 0.2) is 0 Å². The molecule has 0 fully saturated rings. The molecule has 1 aromatic heterocycles. The first kappa shape index (κ1) is 13.1. The maximum absolute atomic E-state index is 5.84. The summed E-state index contributed by atoms with van der Waals surface area (Å²) >= 11 is 3.47. The van der Waals surface area contributed by atoms with Gasteiger partial charge in [-0.25, -0.2) is 4.98 Å². The minimum absolute atomic E-state index is 0.557. The topological polar surface area (TPSA) is 35.0 Å². The molecule has 0 saturated heterocycles. The highest BCUT2D eigenvalue weighted by Crippen LogP contribution is 2.27. The number of benzene rings is 2. The smallest absolute Gasteiger partial charge is 0.241 e. The second kappa shape index (κ2) is 5.21. The summed E-state index contributed by atoms with van der Waals surface area (Å²) in [6, 6.07) is 12.1. The molecule has 3 nitrogen and oxygen atoms in total. The third-order valence-corrected chi connectivity index (χ3v) is 3.51. The zero-order valence-corrected chi connectivity index (χ0v) is 12.8. The molecule has 0 aliphatic heterocycles. The molecule has 0 amide bonds. The first-order valence-corrected chi connectivity index (χ1v) is 7.08. The predicted molar refractivity (Wildman–Crippen MR) is 83.2 cm³/mol. The molecule has 3 rings (SSSR count). The molecule has 2 aromatic carbocycles. The number of aromatic nitrogens is 2. The van der Waals surface area contributed by atoms with E-state index >= 15 is 0 Å². The van der Waals surface area contributed by atoms with E-state index in [1.807, 2.05) is 38.1 Å². The predicted octanol–water partition coefficient (Wildman–Crippen LogP) is 4.80. The number of hydrogen-bond donors (Lipinski definition) is 0. The van der Waals surface area contributed by atoms with Gasteiger partial charge in [0.25, 0.3) is 0 Å². The fourth-order valence-corrected chi connectivity index (χ4v) is 2.36. The molecule has 0 unspecified atom stereocenters. The van der Waals surface area contributed by atoms with Crippen molar-refractivity contribution in [2.45, 2.75) is 13.8 Å². The molecule has 100 valence electrons. The molecule has 3 aromatic rings. The van der Waals surface area contributed by atoms with Crippen LogP contribution in [0.5, 0.6) is 11.6 Å². The average molecular weight is 329 g/mol. The van der Waals surface area contributed by atoms with Crippen LogP contribution in [0.15, 0.2) is 47.1 Å². The van der Waals surface area contributed by atoms with Crippen molar-refractivity contribution in [1.82, 2.24) is 9.97 Å². The first-order chi connectivity index (χ1) is 9.61. The van der Waals surface area contributed by atoms with Gasteiger partial charge in [-0.3, -0.25) is 4.98 Å². The number of ether oxygens (including phenoxy) is 1. The van der Waals surface area contributed by atoms with Gasteiger partial charge in [0.05, 0.1) is 11.4 Å². The van der Waals surface area contributed by atoms with Crippen LogP contribution >= 0.6 is 15.9 Å². The van der Waals surface area contributed by atoms with E-state index in [0.717, 1.165) is 27.0 Å². The summed E-state index contributed by atoms with van der Waals surface area (Å²) in [6.45, 7) is 3.79. The quantitative estimate of drug-likeness (QED) is 0.677. The largest absolute Gasteiger partial charge is 0.437 e. The van der Waals surface area contributed by atoms with Crippen LogP contribution in [0.3, 0.4) is 0 Å². The van der Waals surface area contributed by atoms with Gasteiger partial charge in [0.2, 0.25) is 5.88 Å². The van der Waals surface area contributed by atoms with E-state index in [2.05, 4.69) is 38.0 Å². The Bertz CT molecular complexity index is 787. The summed E-state index contributed by atoms with van der Waals surface area (Å²) in [5.41, 5.74) is 1.63. The van der Waals surface area contributed by atoms with Crippen LogP contribution in [-0.2, 0) is 0 Å². The van der Waals surface area contributed by atoms with Crippen molar-refractivity contribution in [3.63, 3.8) is 0 Å².